The number of alkyl halides is 4. The van der Waals surface area contributed by atoms with Crippen molar-refractivity contribution >= 4 is 26.8 Å². The Morgan fingerprint density at radius 1 is 1.05 bits per heavy atom. The molecule has 0 aliphatic carbocycles. The van der Waals surface area contributed by atoms with Gasteiger partial charge in [-0.25, -0.2) is 23.2 Å². The highest BCUT2D eigenvalue weighted by Crippen LogP contribution is 2.25. The van der Waals surface area contributed by atoms with Crippen LogP contribution in [-0.4, -0.2) is 45.9 Å². The molecule has 0 radical (unpaired) electrons. The van der Waals surface area contributed by atoms with E-state index in [1.807, 2.05) is 0 Å². The maximum Gasteiger partial charge on any atom is 0.469 e. The fourth-order valence-electron chi connectivity index (χ4n) is 0.849. The van der Waals surface area contributed by atoms with Crippen molar-refractivity contribution in [1.82, 2.24) is 0 Å². The molecule has 0 fully saturated rings. The summed E-state index contributed by atoms with van der Waals surface area (Å²) in [6.07, 6.45) is -5.94. The van der Waals surface area contributed by atoms with Crippen LogP contribution in [0, 0.1) is 0 Å². The Morgan fingerprint density at radius 3 is 1.79 bits per heavy atom. The van der Waals surface area contributed by atoms with E-state index in [2.05, 4.69) is 18.7 Å². The highest BCUT2D eigenvalue weighted by Gasteiger charge is 2.44. The fourth-order valence-corrected chi connectivity index (χ4v) is 2.15. The minimum Gasteiger partial charge on any atom is -0.316 e. The number of hydrogen-bond acceptors (Lipinski definition) is 7. The largest absolute Gasteiger partial charge is 0.469 e. The molecule has 0 saturated carbocycles. The number of halogens is 4. The number of isocyanates is 3. The van der Waals surface area contributed by atoms with Crippen LogP contribution in [0.5, 0.6) is 0 Å². The summed E-state index contributed by atoms with van der Waals surface area (Å²) >= 11 is 0. The molecule has 0 heterocycles. The van der Waals surface area contributed by atoms with Crippen molar-refractivity contribution in [1.29, 1.82) is 0 Å². The van der Waals surface area contributed by atoms with Gasteiger partial charge in [-0.2, -0.15) is 22.8 Å². The fraction of sp³-hybridized carbons (Fsp3) is 0.571. The summed E-state index contributed by atoms with van der Waals surface area (Å²) in [5.74, 6) is 0. The Balaban J connectivity index is 4.91. The van der Waals surface area contributed by atoms with E-state index >= 15 is 0 Å². The zero-order valence-electron chi connectivity index (χ0n) is 8.98. The topological polar surface area (TPSA) is 97.5 Å². The molecule has 0 bridgehead atoms. The van der Waals surface area contributed by atoms with E-state index in [-0.39, 0.29) is 0 Å². The molecule has 0 aromatic carbocycles. The molecule has 0 rings (SSSR count). The van der Waals surface area contributed by atoms with Gasteiger partial charge in [-0.1, -0.05) is 0 Å². The van der Waals surface area contributed by atoms with Gasteiger partial charge in [0.05, 0.1) is 6.61 Å². The number of nitrogens with zero attached hydrogens (tertiary/aromatic N) is 3. The van der Waals surface area contributed by atoms with Crippen LogP contribution in [0.2, 0.25) is 6.04 Å². The second kappa shape index (κ2) is 7.47. The minimum absolute atomic E-state index is 0.727. The van der Waals surface area contributed by atoms with Crippen molar-refractivity contribution < 1.29 is 36.7 Å². The van der Waals surface area contributed by atoms with Crippen LogP contribution in [0.3, 0.4) is 0 Å². The standard InChI is InChI=1S/C7H5F4N3O4Si/c8-6(9)7(10,11)18-1-2-19(12-3-15,13-4-16)14-5-17/h6H,1-2H2. The van der Waals surface area contributed by atoms with E-state index in [0.717, 1.165) is 18.2 Å². The molecule has 0 aliphatic heterocycles. The van der Waals surface area contributed by atoms with Crippen LogP contribution in [-0.2, 0) is 19.1 Å². The van der Waals surface area contributed by atoms with Crippen molar-refractivity contribution in [3.05, 3.63) is 0 Å². The first-order chi connectivity index (χ1) is 8.83. The third kappa shape index (κ3) is 5.47. The van der Waals surface area contributed by atoms with Gasteiger partial charge in [-0.3, -0.25) is 0 Å². The predicted octanol–water partition coefficient (Wildman–Crippen LogP) is 0.807. The quantitative estimate of drug-likeness (QED) is 0.286. The van der Waals surface area contributed by atoms with Crippen LogP contribution >= 0.6 is 0 Å². The summed E-state index contributed by atoms with van der Waals surface area (Å²) in [5.41, 5.74) is 0. The Kier molecular flexibility index (Phi) is 6.70. The number of hydrogen-bond donors (Lipinski definition) is 0. The van der Waals surface area contributed by atoms with Gasteiger partial charge in [0.25, 0.3) is 0 Å². The third-order valence-corrected chi connectivity index (χ3v) is 3.88. The lowest BCUT2D eigenvalue weighted by molar-refractivity contribution is -0.298. The average molecular weight is 299 g/mol. The maximum atomic E-state index is 12.4. The molecule has 0 aromatic heterocycles. The molecular formula is C7H5F4N3O4Si. The maximum absolute atomic E-state index is 12.4. The first-order valence-electron chi connectivity index (χ1n) is 4.40. The lowest BCUT2D eigenvalue weighted by atomic mass is 10.6. The number of ether oxygens (including phenoxy) is 1. The average Bonchev–Trinajstić information content (AvgIpc) is 2.29. The van der Waals surface area contributed by atoms with Crippen LogP contribution < -0.4 is 0 Å². The number of carbonyl (C=O) groups excluding carboxylic acids is 3. The molecule has 0 unspecified atom stereocenters. The molecule has 0 aromatic rings. The van der Waals surface area contributed by atoms with E-state index < -0.39 is 33.7 Å². The Hall–Kier alpha value is -1.96. The van der Waals surface area contributed by atoms with Gasteiger partial charge in [0.2, 0.25) is 18.2 Å². The summed E-state index contributed by atoms with van der Waals surface area (Å²) in [6, 6.07) is -0.727. The minimum atomic E-state index is -4.72. The molecule has 7 nitrogen and oxygen atoms in total. The lowest BCUT2D eigenvalue weighted by Gasteiger charge is -2.17. The lowest BCUT2D eigenvalue weighted by Crippen LogP contribution is -2.35. The molecule has 0 saturated heterocycles. The van der Waals surface area contributed by atoms with Crippen molar-refractivity contribution in [2.75, 3.05) is 6.61 Å². The second-order valence-corrected chi connectivity index (χ2v) is 5.56. The van der Waals surface area contributed by atoms with E-state index in [1.54, 1.807) is 0 Å². The van der Waals surface area contributed by atoms with Crippen molar-refractivity contribution in [3.63, 3.8) is 0 Å². The predicted molar refractivity (Wildman–Crippen MR) is 51.8 cm³/mol. The van der Waals surface area contributed by atoms with Crippen LogP contribution in [0.25, 0.3) is 0 Å². The first kappa shape index (κ1) is 17.0. The summed E-state index contributed by atoms with van der Waals surface area (Å²) in [7, 11) is -4.03. The van der Waals surface area contributed by atoms with Gasteiger partial charge in [-0.15, -0.1) is 0 Å². The smallest absolute Gasteiger partial charge is 0.316 e. The Morgan fingerprint density at radius 2 is 1.47 bits per heavy atom. The Bertz CT molecular complexity index is 410. The molecule has 19 heavy (non-hydrogen) atoms. The monoisotopic (exact) mass is 299 g/mol. The van der Waals surface area contributed by atoms with Crippen molar-refractivity contribution in [2.45, 2.75) is 18.6 Å². The van der Waals surface area contributed by atoms with Crippen LogP contribution in [0.4, 0.5) is 17.6 Å². The summed E-state index contributed by atoms with van der Waals surface area (Å²) < 4.78 is 60.8. The Labute approximate surface area is 103 Å². The zero-order chi connectivity index (χ0) is 14.9. The van der Waals surface area contributed by atoms with E-state index in [0.29, 0.717) is 0 Å². The van der Waals surface area contributed by atoms with Gasteiger partial charge in [-0.05, 0) is 0 Å². The van der Waals surface area contributed by atoms with E-state index in [9.17, 15) is 31.9 Å². The van der Waals surface area contributed by atoms with E-state index in [1.165, 1.54) is 0 Å². The van der Waals surface area contributed by atoms with Crippen LogP contribution in [0.1, 0.15) is 0 Å². The molecule has 104 valence electrons. The first-order valence-corrected chi connectivity index (χ1v) is 6.45. The van der Waals surface area contributed by atoms with Crippen LogP contribution in [0.15, 0.2) is 14.0 Å². The summed E-state index contributed by atoms with van der Waals surface area (Å²) in [6.45, 7) is -1.06. The normalized spacial score (nSPS) is 13.7. The molecule has 0 amide bonds. The molecule has 0 spiro atoms. The highest BCUT2D eigenvalue weighted by atomic mass is 28.4. The van der Waals surface area contributed by atoms with Gasteiger partial charge in [0, 0.05) is 6.04 Å². The molecule has 0 aliphatic rings. The van der Waals surface area contributed by atoms with E-state index in [4.69, 9.17) is 0 Å². The zero-order valence-corrected chi connectivity index (χ0v) is 9.98. The molecule has 0 atom stereocenters. The number of rotatable bonds is 8. The van der Waals surface area contributed by atoms with Gasteiger partial charge in [0.1, 0.15) is 0 Å². The van der Waals surface area contributed by atoms with Crippen molar-refractivity contribution in [3.8, 4) is 0 Å². The molecule has 0 N–H and O–H groups in total. The molecular weight excluding hydrogens is 294 g/mol. The second-order valence-electron chi connectivity index (χ2n) is 2.84. The SMILES string of the molecule is O=C=N[Si](CCOC(F)(F)C(F)F)(N=C=O)N=C=O. The van der Waals surface area contributed by atoms with Gasteiger partial charge < -0.3 is 4.74 Å². The van der Waals surface area contributed by atoms with Gasteiger partial charge >= 0.3 is 21.1 Å². The molecule has 12 heteroatoms. The summed E-state index contributed by atoms with van der Waals surface area (Å²) in [5, 5.41) is 0. The third-order valence-electron chi connectivity index (χ3n) is 1.66. The highest BCUT2D eigenvalue weighted by molar-refractivity contribution is 6.76. The summed E-state index contributed by atoms with van der Waals surface area (Å²) in [4.78, 5) is 30.3. The van der Waals surface area contributed by atoms with Crippen molar-refractivity contribution in [2.24, 2.45) is 14.0 Å². The van der Waals surface area contributed by atoms with Gasteiger partial charge in [0.15, 0.2) is 0 Å².